The molecule has 18 heavy (non-hydrogen) atoms. The van der Waals surface area contributed by atoms with Crippen LogP contribution in [0.3, 0.4) is 0 Å². The van der Waals surface area contributed by atoms with Crippen LogP contribution in [0.2, 0.25) is 5.15 Å². The topological polar surface area (TPSA) is 64.1 Å². The monoisotopic (exact) mass is 263 g/mol. The number of nitrogens with one attached hydrogen (secondary N) is 1. The number of methoxy groups -OCH3 is 1. The number of carbonyl (C=O) groups excluding carboxylic acids is 1. The lowest BCUT2D eigenvalue weighted by Gasteiger charge is -2.08. The molecule has 0 aromatic carbocycles. The minimum atomic E-state index is -0.362. The van der Waals surface area contributed by atoms with E-state index in [2.05, 4.69) is 15.3 Å². The van der Waals surface area contributed by atoms with Crippen LogP contribution in [0.4, 0.5) is 5.69 Å². The van der Waals surface area contributed by atoms with E-state index in [1.54, 1.807) is 30.5 Å². The Morgan fingerprint density at radius 3 is 2.72 bits per heavy atom. The molecule has 0 aliphatic carbocycles. The van der Waals surface area contributed by atoms with Gasteiger partial charge in [-0.3, -0.25) is 4.79 Å². The molecule has 0 bridgehead atoms. The van der Waals surface area contributed by atoms with Crippen LogP contribution in [0.5, 0.6) is 5.88 Å². The number of hydrogen-bond donors (Lipinski definition) is 1. The fraction of sp³-hybridized carbons (Fsp3) is 0.0833. The van der Waals surface area contributed by atoms with Gasteiger partial charge in [0.25, 0.3) is 5.91 Å². The number of halogens is 1. The number of ether oxygens (including phenoxy) is 1. The lowest BCUT2D eigenvalue weighted by Crippen LogP contribution is -2.13. The largest absolute Gasteiger partial charge is 0.480 e. The van der Waals surface area contributed by atoms with Gasteiger partial charge in [0, 0.05) is 12.4 Å². The van der Waals surface area contributed by atoms with Gasteiger partial charge in [0.2, 0.25) is 5.88 Å². The average Bonchev–Trinajstić information content (AvgIpc) is 2.39. The van der Waals surface area contributed by atoms with Crippen LogP contribution in [0.15, 0.2) is 36.7 Å². The van der Waals surface area contributed by atoms with Crippen molar-refractivity contribution >= 4 is 23.2 Å². The summed E-state index contributed by atoms with van der Waals surface area (Å²) in [6, 6.07) is 6.62. The molecule has 0 aliphatic rings. The van der Waals surface area contributed by atoms with Gasteiger partial charge in [0.1, 0.15) is 10.8 Å². The SMILES string of the molecule is COc1ncccc1NC(=O)c1cccnc1Cl. The molecule has 0 fully saturated rings. The van der Waals surface area contributed by atoms with Crippen molar-refractivity contribution < 1.29 is 9.53 Å². The first-order chi connectivity index (χ1) is 8.72. The second-order valence-electron chi connectivity index (χ2n) is 3.36. The summed E-state index contributed by atoms with van der Waals surface area (Å²) in [5.41, 5.74) is 0.773. The first kappa shape index (κ1) is 12.3. The van der Waals surface area contributed by atoms with E-state index in [4.69, 9.17) is 16.3 Å². The Morgan fingerprint density at radius 1 is 1.28 bits per heavy atom. The molecule has 92 valence electrons. The predicted octanol–water partition coefficient (Wildman–Crippen LogP) is 2.39. The number of hydrogen-bond acceptors (Lipinski definition) is 4. The quantitative estimate of drug-likeness (QED) is 0.864. The number of nitrogens with zero attached hydrogens (tertiary/aromatic N) is 2. The molecule has 0 aliphatic heterocycles. The van der Waals surface area contributed by atoms with E-state index in [0.29, 0.717) is 17.1 Å². The normalized spacial score (nSPS) is 9.89. The van der Waals surface area contributed by atoms with Gasteiger partial charge in [-0.1, -0.05) is 11.6 Å². The summed E-state index contributed by atoms with van der Waals surface area (Å²) in [6.45, 7) is 0. The average molecular weight is 264 g/mol. The molecule has 6 heteroatoms. The van der Waals surface area contributed by atoms with Crippen LogP contribution >= 0.6 is 11.6 Å². The fourth-order valence-corrected chi connectivity index (χ4v) is 1.60. The molecule has 5 nitrogen and oxygen atoms in total. The van der Waals surface area contributed by atoms with Crippen LogP contribution in [-0.2, 0) is 0 Å². The van der Waals surface area contributed by atoms with E-state index in [-0.39, 0.29) is 11.1 Å². The summed E-state index contributed by atoms with van der Waals surface area (Å²) in [5, 5.41) is 2.82. The Bertz CT molecular complexity index is 575. The van der Waals surface area contributed by atoms with Crippen molar-refractivity contribution in [2.45, 2.75) is 0 Å². The lowest BCUT2D eigenvalue weighted by atomic mass is 10.2. The van der Waals surface area contributed by atoms with Gasteiger partial charge in [0.05, 0.1) is 12.7 Å². The molecular weight excluding hydrogens is 254 g/mol. The third-order valence-corrected chi connectivity index (χ3v) is 2.52. The van der Waals surface area contributed by atoms with Gasteiger partial charge in [0.15, 0.2) is 0 Å². The maximum absolute atomic E-state index is 12.0. The summed E-state index contributed by atoms with van der Waals surface area (Å²) in [7, 11) is 1.48. The van der Waals surface area contributed by atoms with Crippen LogP contribution in [0.1, 0.15) is 10.4 Å². The first-order valence-electron chi connectivity index (χ1n) is 5.13. The number of anilines is 1. The van der Waals surface area contributed by atoms with Gasteiger partial charge in [-0.25, -0.2) is 9.97 Å². The molecule has 0 spiro atoms. The minimum Gasteiger partial charge on any atom is -0.480 e. The molecule has 0 saturated heterocycles. The van der Waals surface area contributed by atoms with E-state index in [1.807, 2.05) is 0 Å². The highest BCUT2D eigenvalue weighted by Crippen LogP contribution is 2.21. The van der Waals surface area contributed by atoms with Gasteiger partial charge in [-0.15, -0.1) is 0 Å². The summed E-state index contributed by atoms with van der Waals surface area (Å²) in [6.07, 6.45) is 3.09. The second-order valence-corrected chi connectivity index (χ2v) is 3.71. The zero-order valence-corrected chi connectivity index (χ0v) is 10.3. The van der Waals surface area contributed by atoms with Crippen molar-refractivity contribution in [3.63, 3.8) is 0 Å². The highest BCUT2D eigenvalue weighted by Gasteiger charge is 2.13. The molecule has 0 saturated carbocycles. The molecule has 0 radical (unpaired) electrons. The van der Waals surface area contributed by atoms with E-state index in [1.165, 1.54) is 13.3 Å². The molecular formula is C12H10ClN3O2. The third-order valence-electron chi connectivity index (χ3n) is 2.22. The predicted molar refractivity (Wildman–Crippen MR) is 68.0 cm³/mol. The maximum Gasteiger partial charge on any atom is 0.258 e. The fourth-order valence-electron chi connectivity index (χ4n) is 1.39. The molecule has 0 atom stereocenters. The van der Waals surface area contributed by atoms with Gasteiger partial charge in [-0.2, -0.15) is 0 Å². The van der Waals surface area contributed by atoms with Gasteiger partial charge in [-0.05, 0) is 24.3 Å². The van der Waals surface area contributed by atoms with E-state index < -0.39 is 0 Å². The van der Waals surface area contributed by atoms with E-state index >= 15 is 0 Å². The summed E-state index contributed by atoms with van der Waals surface area (Å²) >= 11 is 5.84. The zero-order chi connectivity index (χ0) is 13.0. The smallest absolute Gasteiger partial charge is 0.258 e. The molecule has 1 N–H and O–H groups in total. The molecule has 2 aromatic heterocycles. The number of carbonyl (C=O) groups is 1. The van der Waals surface area contributed by atoms with Crippen LogP contribution in [0.25, 0.3) is 0 Å². The molecule has 2 rings (SSSR count). The van der Waals surface area contributed by atoms with Crippen LogP contribution in [0, 0.1) is 0 Å². The Hall–Kier alpha value is -2.14. The minimum absolute atomic E-state index is 0.151. The highest BCUT2D eigenvalue weighted by atomic mass is 35.5. The van der Waals surface area contributed by atoms with Crippen LogP contribution in [-0.4, -0.2) is 23.0 Å². The number of rotatable bonds is 3. The van der Waals surface area contributed by atoms with Gasteiger partial charge < -0.3 is 10.1 Å². The van der Waals surface area contributed by atoms with Crippen molar-refractivity contribution in [2.75, 3.05) is 12.4 Å². The maximum atomic E-state index is 12.0. The lowest BCUT2D eigenvalue weighted by molar-refractivity contribution is 0.102. The first-order valence-corrected chi connectivity index (χ1v) is 5.51. The zero-order valence-electron chi connectivity index (χ0n) is 9.55. The Labute approximate surface area is 109 Å². The van der Waals surface area contributed by atoms with Crippen molar-refractivity contribution in [1.82, 2.24) is 9.97 Å². The molecule has 2 heterocycles. The standard InChI is InChI=1S/C12H10ClN3O2/c1-18-12-9(5-3-7-15-12)16-11(17)8-4-2-6-14-10(8)13/h2-7H,1H3,(H,16,17). The summed E-state index contributed by atoms with van der Waals surface area (Å²) in [4.78, 5) is 19.8. The Kier molecular flexibility index (Phi) is 3.74. The van der Waals surface area contributed by atoms with Crippen molar-refractivity contribution in [2.24, 2.45) is 0 Å². The van der Waals surface area contributed by atoms with Gasteiger partial charge >= 0.3 is 0 Å². The number of pyridine rings is 2. The number of amides is 1. The third kappa shape index (κ3) is 2.57. The molecule has 1 amide bonds. The van der Waals surface area contributed by atoms with E-state index in [0.717, 1.165) is 0 Å². The van der Waals surface area contributed by atoms with E-state index in [9.17, 15) is 4.79 Å². The van der Waals surface area contributed by atoms with Crippen molar-refractivity contribution in [3.8, 4) is 5.88 Å². The van der Waals surface area contributed by atoms with Crippen molar-refractivity contribution in [3.05, 3.63) is 47.4 Å². The number of aromatic nitrogens is 2. The summed E-state index contributed by atoms with van der Waals surface area (Å²) in [5.74, 6) is -0.0229. The van der Waals surface area contributed by atoms with Crippen LogP contribution < -0.4 is 10.1 Å². The Balaban J connectivity index is 2.24. The molecule has 2 aromatic rings. The highest BCUT2D eigenvalue weighted by molar-refractivity contribution is 6.33. The molecule has 0 unspecified atom stereocenters. The Morgan fingerprint density at radius 2 is 2.00 bits per heavy atom. The van der Waals surface area contributed by atoms with Crippen molar-refractivity contribution in [1.29, 1.82) is 0 Å². The second kappa shape index (κ2) is 5.46. The summed E-state index contributed by atoms with van der Waals surface area (Å²) < 4.78 is 5.04.